The van der Waals surface area contributed by atoms with Crippen molar-refractivity contribution in [2.45, 2.75) is 13.0 Å². The predicted octanol–water partition coefficient (Wildman–Crippen LogP) is 1.56. The number of carbonyl (C=O) groups is 1. The van der Waals surface area contributed by atoms with Crippen molar-refractivity contribution in [3.63, 3.8) is 0 Å². The number of halogens is 1. The normalized spacial score (nSPS) is 15.9. The van der Waals surface area contributed by atoms with Gasteiger partial charge in [-0.25, -0.2) is 9.18 Å². The zero-order chi connectivity index (χ0) is 16.8. The maximum absolute atomic E-state index is 13.7. The molecule has 124 valence electrons. The lowest BCUT2D eigenvalue weighted by atomic mass is 10.1. The van der Waals surface area contributed by atoms with Crippen LogP contribution in [0.1, 0.15) is 12.5 Å². The number of nitrogens with one attached hydrogen (secondary N) is 1. The molecule has 0 spiro atoms. The average molecular weight is 320 g/mol. The van der Waals surface area contributed by atoms with Crippen molar-refractivity contribution >= 4 is 11.7 Å². The van der Waals surface area contributed by atoms with Gasteiger partial charge in [-0.1, -0.05) is 6.07 Å². The number of nitrogens with zero attached hydrogens (tertiary/aromatic N) is 3. The molecule has 1 N–H and O–H groups in total. The molecule has 1 aliphatic rings. The molecule has 0 saturated carbocycles. The van der Waals surface area contributed by atoms with Crippen LogP contribution in [0.5, 0.6) is 0 Å². The lowest BCUT2D eigenvalue weighted by Gasteiger charge is -2.36. The second kappa shape index (κ2) is 7.79. The van der Waals surface area contributed by atoms with Crippen LogP contribution in [-0.2, 0) is 4.74 Å². The zero-order valence-corrected chi connectivity index (χ0v) is 13.4. The van der Waals surface area contributed by atoms with Gasteiger partial charge >= 0.3 is 6.03 Å². The first kappa shape index (κ1) is 17.0. The van der Waals surface area contributed by atoms with E-state index >= 15 is 0 Å². The van der Waals surface area contributed by atoms with E-state index in [-0.39, 0.29) is 17.6 Å². The highest BCUT2D eigenvalue weighted by Gasteiger charge is 2.24. The number of nitriles is 1. The Balaban J connectivity index is 1.95. The van der Waals surface area contributed by atoms with Crippen molar-refractivity contribution in [3.05, 3.63) is 29.6 Å². The number of anilines is 1. The smallest absolute Gasteiger partial charge is 0.317 e. The summed E-state index contributed by atoms with van der Waals surface area (Å²) < 4.78 is 18.7. The second-order valence-electron chi connectivity index (χ2n) is 5.53. The first-order valence-electron chi connectivity index (χ1n) is 7.54. The molecule has 23 heavy (non-hydrogen) atoms. The van der Waals surface area contributed by atoms with Gasteiger partial charge in [0.05, 0.1) is 18.3 Å². The molecular formula is C16H21FN4O2. The number of hydrogen-bond acceptors (Lipinski definition) is 4. The summed E-state index contributed by atoms with van der Waals surface area (Å²) in [5.41, 5.74) is 0.638. The van der Waals surface area contributed by atoms with E-state index in [1.54, 1.807) is 24.1 Å². The molecule has 0 bridgehead atoms. The van der Waals surface area contributed by atoms with E-state index in [0.717, 1.165) is 0 Å². The largest absolute Gasteiger partial charge is 0.383 e. The van der Waals surface area contributed by atoms with Gasteiger partial charge in [0.1, 0.15) is 17.4 Å². The van der Waals surface area contributed by atoms with E-state index in [2.05, 4.69) is 5.32 Å². The second-order valence-corrected chi connectivity index (χ2v) is 5.53. The molecular weight excluding hydrogens is 299 g/mol. The Morgan fingerprint density at radius 1 is 1.43 bits per heavy atom. The maximum Gasteiger partial charge on any atom is 0.317 e. The van der Waals surface area contributed by atoms with Gasteiger partial charge in [-0.05, 0) is 19.1 Å². The summed E-state index contributed by atoms with van der Waals surface area (Å²) in [7, 11) is 1.59. The highest BCUT2D eigenvalue weighted by atomic mass is 19.1. The molecule has 1 aliphatic heterocycles. The van der Waals surface area contributed by atoms with E-state index < -0.39 is 5.82 Å². The molecule has 2 rings (SSSR count). The quantitative estimate of drug-likeness (QED) is 0.914. The van der Waals surface area contributed by atoms with Gasteiger partial charge in [-0.15, -0.1) is 0 Å². The van der Waals surface area contributed by atoms with E-state index in [1.165, 1.54) is 6.07 Å². The molecule has 7 heteroatoms. The standard InChI is InChI=1S/C16H21FN4O2/c1-12(11-23-2)19-16(22)21-8-6-20(7-9-21)15-5-3-4-14(17)13(15)10-18/h3-5,12H,6-9,11H2,1-2H3,(H,19,22). The minimum absolute atomic E-state index is 0.0547. The summed E-state index contributed by atoms with van der Waals surface area (Å²) in [5, 5.41) is 12.0. The number of amides is 2. The molecule has 1 fully saturated rings. The number of methoxy groups -OCH3 is 1. The third kappa shape index (κ3) is 4.11. The van der Waals surface area contributed by atoms with E-state index in [4.69, 9.17) is 10.00 Å². The van der Waals surface area contributed by atoms with E-state index in [0.29, 0.717) is 38.5 Å². The molecule has 1 saturated heterocycles. The van der Waals surface area contributed by atoms with Crippen molar-refractivity contribution in [2.75, 3.05) is 44.8 Å². The number of carbonyl (C=O) groups excluding carboxylic acids is 1. The van der Waals surface area contributed by atoms with Gasteiger partial charge in [0.25, 0.3) is 0 Å². The van der Waals surface area contributed by atoms with Crippen LogP contribution in [0.25, 0.3) is 0 Å². The molecule has 0 aromatic heterocycles. The fourth-order valence-electron chi connectivity index (χ4n) is 2.63. The Morgan fingerprint density at radius 3 is 2.74 bits per heavy atom. The van der Waals surface area contributed by atoms with Crippen molar-refractivity contribution in [3.8, 4) is 6.07 Å². The molecule has 1 heterocycles. The number of urea groups is 1. The van der Waals surface area contributed by atoms with Crippen LogP contribution in [0.4, 0.5) is 14.9 Å². The molecule has 6 nitrogen and oxygen atoms in total. The Bertz CT molecular complexity index is 594. The Labute approximate surface area is 135 Å². The minimum atomic E-state index is -0.515. The van der Waals surface area contributed by atoms with Crippen LogP contribution in [0, 0.1) is 17.1 Å². The average Bonchev–Trinajstić information content (AvgIpc) is 2.55. The summed E-state index contributed by atoms with van der Waals surface area (Å²) in [6.07, 6.45) is 0. The summed E-state index contributed by atoms with van der Waals surface area (Å²) >= 11 is 0. The number of ether oxygens (including phenoxy) is 1. The lowest BCUT2D eigenvalue weighted by Crippen LogP contribution is -2.53. The maximum atomic E-state index is 13.7. The van der Waals surface area contributed by atoms with Crippen molar-refractivity contribution in [2.24, 2.45) is 0 Å². The van der Waals surface area contributed by atoms with Gasteiger partial charge in [0.2, 0.25) is 0 Å². The predicted molar refractivity (Wildman–Crippen MR) is 84.8 cm³/mol. The summed E-state index contributed by atoms with van der Waals surface area (Å²) in [6, 6.07) is 6.33. The molecule has 1 aromatic rings. The van der Waals surface area contributed by atoms with Crippen LogP contribution < -0.4 is 10.2 Å². The van der Waals surface area contributed by atoms with Crippen molar-refractivity contribution in [1.82, 2.24) is 10.2 Å². The van der Waals surface area contributed by atoms with Crippen LogP contribution in [0.15, 0.2) is 18.2 Å². The van der Waals surface area contributed by atoms with Crippen LogP contribution in [0.2, 0.25) is 0 Å². The first-order valence-corrected chi connectivity index (χ1v) is 7.54. The third-order valence-electron chi connectivity index (χ3n) is 3.80. The Kier molecular flexibility index (Phi) is 5.77. The minimum Gasteiger partial charge on any atom is -0.383 e. The van der Waals surface area contributed by atoms with Gasteiger partial charge in [-0.2, -0.15) is 5.26 Å². The number of hydrogen-bond donors (Lipinski definition) is 1. The third-order valence-corrected chi connectivity index (χ3v) is 3.80. The Morgan fingerprint density at radius 2 is 2.13 bits per heavy atom. The molecule has 2 amide bonds. The molecule has 0 aliphatic carbocycles. The van der Waals surface area contributed by atoms with Gasteiger partial charge < -0.3 is 19.9 Å². The number of benzene rings is 1. The van der Waals surface area contributed by atoms with E-state index in [9.17, 15) is 9.18 Å². The van der Waals surface area contributed by atoms with E-state index in [1.807, 2.05) is 17.9 Å². The van der Waals surface area contributed by atoms with Crippen LogP contribution in [0.3, 0.4) is 0 Å². The molecule has 1 atom stereocenters. The number of piperazine rings is 1. The first-order chi connectivity index (χ1) is 11.1. The highest BCUT2D eigenvalue weighted by molar-refractivity contribution is 5.75. The Hall–Kier alpha value is -2.33. The summed E-state index contributed by atoms with van der Waals surface area (Å²) in [5.74, 6) is -0.515. The van der Waals surface area contributed by atoms with Crippen LogP contribution >= 0.6 is 0 Å². The highest BCUT2D eigenvalue weighted by Crippen LogP contribution is 2.23. The van der Waals surface area contributed by atoms with Crippen molar-refractivity contribution in [1.29, 1.82) is 5.26 Å². The SMILES string of the molecule is COCC(C)NC(=O)N1CCN(c2cccc(F)c2C#N)CC1. The zero-order valence-electron chi connectivity index (χ0n) is 13.4. The fourth-order valence-corrected chi connectivity index (χ4v) is 2.63. The topological polar surface area (TPSA) is 68.6 Å². The molecule has 1 unspecified atom stereocenters. The molecule has 0 radical (unpaired) electrons. The molecule has 1 aromatic carbocycles. The summed E-state index contributed by atoms with van der Waals surface area (Å²) in [4.78, 5) is 15.8. The van der Waals surface area contributed by atoms with Gasteiger partial charge in [0.15, 0.2) is 0 Å². The number of rotatable bonds is 4. The fraction of sp³-hybridized carbons (Fsp3) is 0.500. The van der Waals surface area contributed by atoms with Gasteiger partial charge in [0, 0.05) is 33.3 Å². The lowest BCUT2D eigenvalue weighted by molar-refractivity contribution is 0.158. The summed E-state index contributed by atoms with van der Waals surface area (Å²) in [6.45, 7) is 4.50. The van der Waals surface area contributed by atoms with Crippen LogP contribution in [-0.4, -0.2) is 56.9 Å². The monoisotopic (exact) mass is 320 g/mol. The van der Waals surface area contributed by atoms with Gasteiger partial charge in [-0.3, -0.25) is 0 Å². The van der Waals surface area contributed by atoms with Crippen molar-refractivity contribution < 1.29 is 13.9 Å².